The molecule has 10 heteroatoms. The summed E-state index contributed by atoms with van der Waals surface area (Å²) < 4.78 is 33.4. The van der Waals surface area contributed by atoms with Gasteiger partial charge in [-0.3, -0.25) is 13.8 Å². The number of phosphoric ester groups is 1. The highest BCUT2D eigenvalue weighted by Gasteiger charge is 2.26. The molecule has 0 fully saturated rings. The predicted octanol–water partition coefficient (Wildman–Crippen LogP) is 13.5. The van der Waals surface area contributed by atoms with E-state index in [1.54, 1.807) is 0 Å². The number of ether oxygens (including phenoxy) is 2. The summed E-state index contributed by atoms with van der Waals surface area (Å²) in [6.45, 7) is 3.38. The van der Waals surface area contributed by atoms with E-state index in [1.807, 2.05) is 0 Å². The van der Waals surface area contributed by atoms with Crippen LogP contribution in [0.25, 0.3) is 0 Å². The average Bonchev–Trinajstić information content (AvgIpc) is 3.23. The van der Waals surface area contributed by atoms with Crippen molar-refractivity contribution in [3.63, 3.8) is 0 Å². The zero-order chi connectivity index (χ0) is 43.2. The van der Waals surface area contributed by atoms with Crippen molar-refractivity contribution in [2.45, 2.75) is 212 Å². The van der Waals surface area contributed by atoms with E-state index in [0.717, 1.165) is 70.6 Å². The first-order valence-corrected chi connectivity index (χ1v) is 25.3. The molecular weight excluding hydrogens is 764 g/mol. The summed E-state index contributed by atoms with van der Waals surface area (Å²) >= 11 is 0. The number of carbonyl (C=O) groups excluding carboxylic acids is 1. The van der Waals surface area contributed by atoms with Crippen molar-refractivity contribution >= 4 is 13.8 Å². The molecule has 0 saturated heterocycles. The number of carbonyl (C=O) groups is 1. The summed E-state index contributed by atoms with van der Waals surface area (Å²) in [5.74, 6) is -0.412. The summed E-state index contributed by atoms with van der Waals surface area (Å²) in [5.41, 5.74) is 0. The van der Waals surface area contributed by atoms with E-state index in [-0.39, 0.29) is 13.0 Å². The Labute approximate surface area is 361 Å². The second-order valence-corrected chi connectivity index (χ2v) is 17.2. The molecule has 344 valence electrons. The Balaban J connectivity index is 4.18. The zero-order valence-electron chi connectivity index (χ0n) is 37.7. The Morgan fingerprint density at radius 1 is 0.542 bits per heavy atom. The molecule has 0 aromatic heterocycles. The Hall–Kier alpha value is -1.84. The van der Waals surface area contributed by atoms with Gasteiger partial charge in [0.25, 0.3) is 0 Å². The largest absolute Gasteiger partial charge is 0.472 e. The molecule has 0 aromatic carbocycles. The first kappa shape index (κ1) is 57.2. The third-order valence-electron chi connectivity index (χ3n) is 9.97. The topological polar surface area (TPSA) is 132 Å². The number of unbranched alkanes of at least 4 members (excludes halogenated alkanes) is 21. The maximum absolute atomic E-state index is 12.6. The number of hydrogen-bond donors (Lipinski definition) is 3. The molecule has 0 aromatic rings. The van der Waals surface area contributed by atoms with Gasteiger partial charge < -0.3 is 24.6 Å². The maximum atomic E-state index is 12.6. The molecule has 0 amide bonds. The molecule has 0 aliphatic heterocycles. The minimum atomic E-state index is -4.53. The fraction of sp³-hybridized carbons (Fsp3) is 0.776. The van der Waals surface area contributed by atoms with Gasteiger partial charge in [0.2, 0.25) is 0 Å². The molecule has 0 heterocycles. The van der Waals surface area contributed by atoms with Gasteiger partial charge in [0.05, 0.1) is 26.4 Å². The van der Waals surface area contributed by atoms with Crippen molar-refractivity contribution < 1.29 is 43.0 Å². The number of aliphatic hydroxyl groups excluding tert-OH is 2. The van der Waals surface area contributed by atoms with E-state index in [2.05, 4.69) is 74.6 Å². The summed E-state index contributed by atoms with van der Waals surface area (Å²) in [6.07, 6.45) is 53.3. The first-order valence-electron chi connectivity index (χ1n) is 23.8. The normalized spacial score (nSPS) is 14.5. The van der Waals surface area contributed by atoms with E-state index in [0.29, 0.717) is 13.0 Å². The third kappa shape index (κ3) is 45.5. The van der Waals surface area contributed by atoms with Gasteiger partial charge in [-0.1, -0.05) is 197 Å². The Bertz CT molecular complexity index is 1100. The van der Waals surface area contributed by atoms with Crippen LogP contribution in [-0.2, 0) is 27.9 Å². The van der Waals surface area contributed by atoms with Gasteiger partial charge in [-0.25, -0.2) is 4.57 Å². The van der Waals surface area contributed by atoms with E-state index < -0.39 is 45.8 Å². The molecule has 59 heavy (non-hydrogen) atoms. The highest BCUT2D eigenvalue weighted by Crippen LogP contribution is 2.43. The van der Waals surface area contributed by atoms with Gasteiger partial charge in [0.1, 0.15) is 12.2 Å². The number of phosphoric acid groups is 1. The SMILES string of the molecule is CC/C=C\C/C=C\C/C=C\C/C=C\C/C=C\CCCCCC(=O)OC(COCCCCCCCCCCCCCCCCCCCCC)COP(=O)(O)OCC(O)CO. The molecular formula is C49H89O9P. The molecule has 0 radical (unpaired) electrons. The van der Waals surface area contributed by atoms with Crippen molar-refractivity contribution in [2.24, 2.45) is 0 Å². The molecule has 0 spiro atoms. The zero-order valence-corrected chi connectivity index (χ0v) is 38.6. The number of aliphatic hydroxyl groups is 2. The number of rotatable bonds is 45. The Kier molecular flexibility index (Phi) is 44.3. The lowest BCUT2D eigenvalue weighted by molar-refractivity contribution is -0.154. The Morgan fingerprint density at radius 2 is 0.966 bits per heavy atom. The van der Waals surface area contributed by atoms with Crippen LogP contribution in [0, 0.1) is 0 Å². The fourth-order valence-electron chi connectivity index (χ4n) is 6.38. The molecule has 0 rings (SSSR count). The first-order chi connectivity index (χ1) is 28.8. The summed E-state index contributed by atoms with van der Waals surface area (Å²) in [7, 11) is -4.53. The van der Waals surface area contributed by atoms with Crippen molar-refractivity contribution in [1.29, 1.82) is 0 Å². The predicted molar refractivity (Wildman–Crippen MR) is 246 cm³/mol. The average molecular weight is 853 g/mol. The maximum Gasteiger partial charge on any atom is 0.472 e. The lowest BCUT2D eigenvalue weighted by atomic mass is 10.0. The summed E-state index contributed by atoms with van der Waals surface area (Å²) in [5, 5.41) is 18.4. The van der Waals surface area contributed by atoms with Crippen molar-refractivity contribution in [3.8, 4) is 0 Å². The molecule has 0 aliphatic rings. The lowest BCUT2D eigenvalue weighted by Gasteiger charge is -2.20. The number of esters is 1. The molecule has 3 unspecified atom stereocenters. The monoisotopic (exact) mass is 853 g/mol. The van der Waals surface area contributed by atoms with E-state index in [4.69, 9.17) is 23.6 Å². The number of hydrogen-bond acceptors (Lipinski definition) is 8. The molecule has 3 atom stereocenters. The molecule has 0 aliphatic carbocycles. The van der Waals surface area contributed by atoms with Crippen LogP contribution < -0.4 is 0 Å². The van der Waals surface area contributed by atoms with Gasteiger partial charge >= 0.3 is 13.8 Å². The van der Waals surface area contributed by atoms with Gasteiger partial charge in [0, 0.05) is 13.0 Å². The van der Waals surface area contributed by atoms with Gasteiger partial charge in [-0.05, 0) is 57.8 Å². The van der Waals surface area contributed by atoms with Crippen LogP contribution >= 0.6 is 7.82 Å². The molecule has 0 saturated carbocycles. The summed E-state index contributed by atoms with van der Waals surface area (Å²) in [6, 6.07) is 0. The van der Waals surface area contributed by atoms with Crippen LogP contribution in [0.1, 0.15) is 200 Å². The third-order valence-corrected chi connectivity index (χ3v) is 10.9. The van der Waals surface area contributed by atoms with Crippen molar-refractivity contribution in [3.05, 3.63) is 60.8 Å². The van der Waals surface area contributed by atoms with Crippen LogP contribution in [0.2, 0.25) is 0 Å². The highest BCUT2D eigenvalue weighted by molar-refractivity contribution is 7.47. The minimum absolute atomic E-state index is 0.0358. The van der Waals surface area contributed by atoms with Crippen LogP contribution in [-0.4, -0.2) is 66.3 Å². The minimum Gasteiger partial charge on any atom is -0.457 e. The molecule has 3 N–H and O–H groups in total. The van der Waals surface area contributed by atoms with E-state index in [9.17, 15) is 19.4 Å². The van der Waals surface area contributed by atoms with Crippen LogP contribution in [0.5, 0.6) is 0 Å². The second kappa shape index (κ2) is 45.7. The van der Waals surface area contributed by atoms with Crippen molar-refractivity contribution in [1.82, 2.24) is 0 Å². The Morgan fingerprint density at radius 3 is 1.44 bits per heavy atom. The van der Waals surface area contributed by atoms with E-state index >= 15 is 0 Å². The second-order valence-electron chi connectivity index (χ2n) is 15.8. The highest BCUT2D eigenvalue weighted by atomic mass is 31.2. The smallest absolute Gasteiger partial charge is 0.457 e. The van der Waals surface area contributed by atoms with E-state index in [1.165, 1.54) is 103 Å². The quantitative estimate of drug-likeness (QED) is 0.0237. The van der Waals surface area contributed by atoms with Crippen LogP contribution in [0.15, 0.2) is 60.8 Å². The number of allylic oxidation sites excluding steroid dienone is 10. The van der Waals surface area contributed by atoms with Gasteiger partial charge in [-0.2, -0.15) is 0 Å². The van der Waals surface area contributed by atoms with Gasteiger partial charge in [-0.15, -0.1) is 0 Å². The van der Waals surface area contributed by atoms with Crippen LogP contribution in [0.3, 0.4) is 0 Å². The van der Waals surface area contributed by atoms with Crippen molar-refractivity contribution in [2.75, 3.05) is 33.0 Å². The fourth-order valence-corrected chi connectivity index (χ4v) is 7.17. The standard InChI is InChI=1S/C49H89O9P/c1-3-5-7-9-11-13-15-17-19-21-23-25-27-29-31-33-35-37-39-41-49(52)58-48(46-57-59(53,54)56-44-47(51)43-50)45-55-42-40-38-36-34-32-30-28-26-24-22-20-18-16-14-12-10-8-6-4-2/h5,7,11,13,17,19,23,25,29,31,47-48,50-51H,3-4,6,8-10,12,14-16,18,20-22,24,26-28,30,32-46H2,1-2H3,(H,53,54)/b7-5-,13-11-,19-17-,25-23-,31-29-. The van der Waals surface area contributed by atoms with Crippen LogP contribution in [0.4, 0.5) is 0 Å². The molecule has 9 nitrogen and oxygen atoms in total. The summed E-state index contributed by atoms with van der Waals surface area (Å²) in [4.78, 5) is 22.6. The van der Waals surface area contributed by atoms with Gasteiger partial charge in [0.15, 0.2) is 0 Å². The molecule has 0 bridgehead atoms. The lowest BCUT2D eigenvalue weighted by Crippen LogP contribution is -2.29.